The SMILES string of the molecule is O=C(O)CC(C(=O)O)C(C(=O)O)C(C(=O)O)(C1(O)CCNCC1C(=O)c1ccccc1)C1(O)CCNCC1C(=O)c1ccccc1. The summed E-state index contributed by atoms with van der Waals surface area (Å²) >= 11 is 0. The maximum atomic E-state index is 14.1. The molecule has 0 amide bonds. The molecule has 0 bridgehead atoms. The topological polar surface area (TPSA) is 248 Å². The van der Waals surface area contributed by atoms with Crippen molar-refractivity contribution in [3.63, 3.8) is 0 Å². The lowest BCUT2D eigenvalue weighted by Gasteiger charge is -2.61. The fourth-order valence-corrected chi connectivity index (χ4v) is 7.52. The normalized spacial score (nSPS) is 27.3. The predicted octanol–water partition coefficient (Wildman–Crippen LogP) is 0.381. The molecule has 2 aliphatic heterocycles. The summed E-state index contributed by atoms with van der Waals surface area (Å²) in [5, 5.41) is 73.4. The van der Waals surface area contributed by atoms with Gasteiger partial charge < -0.3 is 41.3 Å². The summed E-state index contributed by atoms with van der Waals surface area (Å²) in [7, 11) is 0. The van der Waals surface area contributed by atoms with E-state index < -0.39 is 108 Å². The van der Waals surface area contributed by atoms with Crippen LogP contribution in [0.1, 0.15) is 40.0 Å². The molecule has 0 aromatic heterocycles. The molecular weight excluding hydrogens is 604 g/mol. The van der Waals surface area contributed by atoms with Gasteiger partial charge >= 0.3 is 23.9 Å². The Labute approximate surface area is 263 Å². The number of carboxylic acids is 4. The largest absolute Gasteiger partial charge is 0.481 e. The van der Waals surface area contributed by atoms with Gasteiger partial charge in [0.15, 0.2) is 11.6 Å². The van der Waals surface area contributed by atoms with E-state index in [0.717, 1.165) is 0 Å². The van der Waals surface area contributed by atoms with Crippen LogP contribution in [0.2, 0.25) is 0 Å². The first-order chi connectivity index (χ1) is 21.7. The molecule has 2 aliphatic rings. The number of benzene rings is 2. The van der Waals surface area contributed by atoms with Crippen LogP contribution >= 0.6 is 0 Å². The van der Waals surface area contributed by atoms with E-state index in [2.05, 4.69) is 10.6 Å². The molecule has 0 saturated carbocycles. The molecule has 2 heterocycles. The zero-order chi connectivity index (χ0) is 33.9. The molecule has 6 atom stereocenters. The number of carbonyl (C=O) groups is 6. The van der Waals surface area contributed by atoms with Crippen molar-refractivity contribution in [1.82, 2.24) is 10.6 Å². The Morgan fingerprint density at radius 2 is 1.11 bits per heavy atom. The third-order valence-electron chi connectivity index (χ3n) is 9.52. The number of nitrogens with one attached hydrogen (secondary N) is 2. The summed E-state index contributed by atoms with van der Waals surface area (Å²) in [6, 6.07) is 14.8. The van der Waals surface area contributed by atoms with E-state index in [1.165, 1.54) is 48.5 Å². The molecule has 2 aromatic carbocycles. The Bertz CT molecular complexity index is 1420. The second-order valence-corrected chi connectivity index (χ2v) is 11.8. The minimum atomic E-state index is -3.53. The van der Waals surface area contributed by atoms with Gasteiger partial charge in [0.25, 0.3) is 0 Å². The molecule has 14 nitrogen and oxygen atoms in total. The van der Waals surface area contributed by atoms with Crippen molar-refractivity contribution in [3.05, 3.63) is 71.8 Å². The zero-order valence-corrected chi connectivity index (χ0v) is 24.7. The first-order valence-corrected chi connectivity index (χ1v) is 14.7. The first-order valence-electron chi connectivity index (χ1n) is 14.7. The molecule has 2 fully saturated rings. The predicted molar refractivity (Wildman–Crippen MR) is 158 cm³/mol. The van der Waals surface area contributed by atoms with Crippen molar-refractivity contribution in [3.8, 4) is 0 Å². The van der Waals surface area contributed by atoms with Gasteiger partial charge in [0, 0.05) is 24.2 Å². The van der Waals surface area contributed by atoms with E-state index in [4.69, 9.17) is 0 Å². The van der Waals surface area contributed by atoms with Crippen molar-refractivity contribution in [2.75, 3.05) is 26.2 Å². The average Bonchev–Trinajstić information content (AvgIpc) is 3.02. The van der Waals surface area contributed by atoms with Crippen molar-refractivity contribution < 1.29 is 59.4 Å². The summed E-state index contributed by atoms with van der Waals surface area (Å²) in [6.07, 6.45) is -2.75. The minimum Gasteiger partial charge on any atom is -0.481 e. The third-order valence-corrected chi connectivity index (χ3v) is 9.52. The minimum absolute atomic E-state index is 0.00956. The summed E-state index contributed by atoms with van der Waals surface area (Å²) in [5.74, 6) is -18.8. The fourth-order valence-electron chi connectivity index (χ4n) is 7.52. The number of aliphatic carboxylic acids is 4. The average molecular weight is 641 g/mol. The molecule has 4 rings (SSSR count). The molecule has 0 spiro atoms. The highest BCUT2D eigenvalue weighted by Crippen LogP contribution is 2.60. The van der Waals surface area contributed by atoms with E-state index in [1.807, 2.05) is 0 Å². The van der Waals surface area contributed by atoms with Gasteiger partial charge in [-0.3, -0.25) is 28.8 Å². The number of Topliss-reactive ketones (excluding diaryl/α,β-unsaturated/α-hetero) is 2. The molecule has 0 radical (unpaired) electrons. The molecule has 6 unspecified atom stereocenters. The maximum Gasteiger partial charge on any atom is 0.316 e. The Morgan fingerprint density at radius 1 is 0.696 bits per heavy atom. The summed E-state index contributed by atoms with van der Waals surface area (Å²) in [4.78, 5) is 80.0. The van der Waals surface area contributed by atoms with Crippen LogP contribution in [0.5, 0.6) is 0 Å². The van der Waals surface area contributed by atoms with E-state index in [-0.39, 0.29) is 24.2 Å². The Balaban J connectivity index is 2.13. The van der Waals surface area contributed by atoms with Crippen molar-refractivity contribution in [2.24, 2.45) is 29.1 Å². The lowest BCUT2D eigenvalue weighted by Crippen LogP contribution is -2.80. The molecule has 14 heteroatoms. The van der Waals surface area contributed by atoms with Gasteiger partial charge in [-0.1, -0.05) is 60.7 Å². The van der Waals surface area contributed by atoms with E-state index >= 15 is 0 Å². The van der Waals surface area contributed by atoms with Gasteiger partial charge in [-0.25, -0.2) is 0 Å². The van der Waals surface area contributed by atoms with Crippen LogP contribution in [0.3, 0.4) is 0 Å². The Hall–Kier alpha value is -4.50. The number of rotatable bonds is 13. The van der Waals surface area contributed by atoms with Gasteiger partial charge in [0.1, 0.15) is 5.41 Å². The van der Waals surface area contributed by atoms with Gasteiger partial charge in [-0.2, -0.15) is 0 Å². The number of hydrogen-bond donors (Lipinski definition) is 8. The van der Waals surface area contributed by atoms with Crippen LogP contribution in [-0.2, 0) is 19.2 Å². The molecule has 246 valence electrons. The Kier molecular flexibility index (Phi) is 10.1. The van der Waals surface area contributed by atoms with Crippen LogP contribution in [0.4, 0.5) is 0 Å². The van der Waals surface area contributed by atoms with Crippen LogP contribution in [-0.4, -0.2) is 103 Å². The van der Waals surface area contributed by atoms with Crippen LogP contribution in [0.15, 0.2) is 60.7 Å². The molecular formula is C32H36N2O12. The summed E-state index contributed by atoms with van der Waals surface area (Å²) in [5.41, 5.74) is -9.58. The smallest absolute Gasteiger partial charge is 0.316 e. The zero-order valence-electron chi connectivity index (χ0n) is 24.7. The van der Waals surface area contributed by atoms with Crippen molar-refractivity contribution in [2.45, 2.75) is 30.5 Å². The summed E-state index contributed by atoms with van der Waals surface area (Å²) in [6.45, 7) is -1.21. The highest BCUT2D eigenvalue weighted by molar-refractivity contribution is 6.02. The van der Waals surface area contributed by atoms with Crippen molar-refractivity contribution >= 4 is 35.4 Å². The van der Waals surface area contributed by atoms with Crippen LogP contribution < -0.4 is 10.6 Å². The molecule has 2 saturated heterocycles. The van der Waals surface area contributed by atoms with E-state index in [9.17, 15) is 59.4 Å². The standard InChI is InChI=1S/C32H36N2O12/c35-23(36)15-20(27(39)40)24(28(41)42)32(29(43)44,30(45)11-13-33-16-21(30)25(37)18-7-3-1-4-8-18)31(46)12-14-34-17-22(31)26(38)19-9-5-2-6-10-19/h1-10,20-22,24,33-34,45-46H,11-17H2,(H,35,36)(H,39,40)(H,41,42)(H,43,44). The van der Waals surface area contributed by atoms with Crippen molar-refractivity contribution in [1.29, 1.82) is 0 Å². The molecule has 46 heavy (non-hydrogen) atoms. The van der Waals surface area contributed by atoms with Crippen LogP contribution in [0, 0.1) is 29.1 Å². The van der Waals surface area contributed by atoms with E-state index in [0.29, 0.717) is 0 Å². The summed E-state index contributed by atoms with van der Waals surface area (Å²) < 4.78 is 0. The number of carbonyl (C=O) groups excluding carboxylic acids is 2. The maximum absolute atomic E-state index is 14.1. The third kappa shape index (κ3) is 5.68. The number of carboxylic acid groups (broad SMARTS) is 4. The fraction of sp³-hybridized carbons (Fsp3) is 0.438. The second-order valence-electron chi connectivity index (χ2n) is 11.8. The molecule has 0 aliphatic carbocycles. The van der Waals surface area contributed by atoms with Gasteiger partial charge in [-0.05, 0) is 25.9 Å². The number of piperidine rings is 2. The highest BCUT2D eigenvalue weighted by atomic mass is 16.4. The van der Waals surface area contributed by atoms with Gasteiger partial charge in [0.05, 0.1) is 41.3 Å². The Morgan fingerprint density at radius 3 is 1.43 bits per heavy atom. The lowest BCUT2D eigenvalue weighted by atomic mass is 9.44. The monoisotopic (exact) mass is 640 g/mol. The van der Waals surface area contributed by atoms with Gasteiger partial charge in [0.2, 0.25) is 0 Å². The van der Waals surface area contributed by atoms with Gasteiger partial charge in [-0.15, -0.1) is 0 Å². The second kappa shape index (κ2) is 13.5. The molecule has 8 N–H and O–H groups in total. The number of ketones is 2. The number of aliphatic hydroxyl groups is 2. The van der Waals surface area contributed by atoms with Crippen LogP contribution in [0.25, 0.3) is 0 Å². The number of hydrogen-bond acceptors (Lipinski definition) is 10. The highest BCUT2D eigenvalue weighted by Gasteiger charge is 2.78. The van der Waals surface area contributed by atoms with E-state index in [1.54, 1.807) is 12.1 Å². The quantitative estimate of drug-likeness (QED) is 0.138. The lowest BCUT2D eigenvalue weighted by molar-refractivity contribution is -0.267. The molecule has 2 aromatic rings. The first kappa shape index (κ1) is 34.4.